The molecular weight excluding hydrogens is 333 g/mol. The fraction of sp³-hybridized carbons (Fsp3) is 0. The predicted molar refractivity (Wildman–Crippen MR) is 73.5 cm³/mol. The molecule has 0 bridgehead atoms. The third-order valence-corrected chi connectivity index (χ3v) is 3.88. The van der Waals surface area contributed by atoms with Crippen LogP contribution in [0.4, 0.5) is 0 Å². The molecule has 0 amide bonds. The number of hydrogen-bond acceptors (Lipinski definition) is 4. The van der Waals surface area contributed by atoms with Crippen molar-refractivity contribution < 1.29 is 12.6 Å². The van der Waals surface area contributed by atoms with Gasteiger partial charge in [-0.2, -0.15) is 8.42 Å². The topological polar surface area (TPSA) is 56.3 Å². The van der Waals surface area contributed by atoms with Gasteiger partial charge in [-0.25, -0.2) is 0 Å². The summed E-state index contributed by atoms with van der Waals surface area (Å²) in [6, 6.07) is 5.23. The number of halogens is 3. The van der Waals surface area contributed by atoms with Gasteiger partial charge in [-0.15, -0.1) is 0 Å². The second-order valence-corrected chi connectivity index (χ2v) is 6.34. The van der Waals surface area contributed by atoms with E-state index >= 15 is 0 Å². The molecule has 1 heterocycles. The van der Waals surface area contributed by atoms with E-state index in [2.05, 4.69) is 4.98 Å². The lowest BCUT2D eigenvalue weighted by molar-refractivity contribution is 0.485. The summed E-state index contributed by atoms with van der Waals surface area (Å²) in [6.45, 7) is 0. The fourth-order valence-electron chi connectivity index (χ4n) is 1.29. The van der Waals surface area contributed by atoms with E-state index < -0.39 is 10.1 Å². The summed E-state index contributed by atoms with van der Waals surface area (Å²) in [5, 5.41) is 0.648. The SMILES string of the molecule is O=S(=O)(Oc1cncc(Cl)c1)c1cc(Cl)cc(Cl)c1. The van der Waals surface area contributed by atoms with Gasteiger partial charge in [0.15, 0.2) is 5.75 Å². The van der Waals surface area contributed by atoms with E-state index in [9.17, 15) is 8.42 Å². The van der Waals surface area contributed by atoms with E-state index in [0.29, 0.717) is 0 Å². The lowest BCUT2D eigenvalue weighted by atomic mass is 10.4. The molecule has 0 spiro atoms. The summed E-state index contributed by atoms with van der Waals surface area (Å²) in [5.41, 5.74) is 0. The quantitative estimate of drug-likeness (QED) is 0.799. The summed E-state index contributed by atoms with van der Waals surface area (Å²) >= 11 is 17.2. The highest BCUT2D eigenvalue weighted by Crippen LogP contribution is 2.25. The van der Waals surface area contributed by atoms with Crippen molar-refractivity contribution in [2.75, 3.05) is 0 Å². The fourth-order valence-corrected chi connectivity index (χ4v) is 3.09. The summed E-state index contributed by atoms with van der Waals surface area (Å²) < 4.78 is 28.9. The molecular formula is C11H6Cl3NO3S. The zero-order valence-corrected chi connectivity index (χ0v) is 12.3. The molecule has 0 aliphatic rings. The van der Waals surface area contributed by atoms with Crippen molar-refractivity contribution in [3.05, 3.63) is 51.7 Å². The third kappa shape index (κ3) is 3.73. The van der Waals surface area contributed by atoms with E-state index in [1.54, 1.807) is 0 Å². The van der Waals surface area contributed by atoms with Gasteiger partial charge >= 0.3 is 10.1 Å². The molecule has 8 heteroatoms. The second-order valence-electron chi connectivity index (χ2n) is 3.48. The van der Waals surface area contributed by atoms with Crippen LogP contribution in [0.2, 0.25) is 15.1 Å². The Labute approximate surface area is 125 Å². The van der Waals surface area contributed by atoms with Crippen LogP contribution in [-0.2, 0) is 10.1 Å². The molecule has 100 valence electrons. The zero-order valence-electron chi connectivity index (χ0n) is 9.18. The number of rotatable bonds is 3. The molecule has 0 saturated carbocycles. The van der Waals surface area contributed by atoms with Gasteiger partial charge in [0.2, 0.25) is 0 Å². The molecule has 0 radical (unpaired) electrons. The summed E-state index contributed by atoms with van der Waals surface area (Å²) in [7, 11) is -4.04. The molecule has 0 unspecified atom stereocenters. The van der Waals surface area contributed by atoms with Gasteiger partial charge < -0.3 is 4.18 Å². The van der Waals surface area contributed by atoms with Crippen molar-refractivity contribution in [1.82, 2.24) is 4.98 Å². The van der Waals surface area contributed by atoms with Gasteiger partial charge in [0, 0.05) is 22.3 Å². The Balaban J connectivity index is 2.37. The van der Waals surface area contributed by atoms with E-state index in [0.717, 1.165) is 0 Å². The van der Waals surface area contributed by atoms with Crippen LogP contribution in [0.1, 0.15) is 0 Å². The minimum absolute atomic E-state index is 0.00333. The van der Waals surface area contributed by atoms with Crippen molar-refractivity contribution in [2.24, 2.45) is 0 Å². The molecule has 0 aliphatic heterocycles. The number of pyridine rings is 1. The first-order valence-corrected chi connectivity index (χ1v) is 7.42. The average Bonchev–Trinajstić information content (AvgIpc) is 2.26. The maximum atomic E-state index is 12.0. The first-order chi connectivity index (χ1) is 8.87. The molecule has 0 N–H and O–H groups in total. The average molecular weight is 339 g/mol. The molecule has 4 nitrogen and oxygen atoms in total. The van der Waals surface area contributed by atoms with E-state index in [1.165, 1.54) is 36.7 Å². The van der Waals surface area contributed by atoms with Crippen LogP contribution in [0.3, 0.4) is 0 Å². The van der Waals surface area contributed by atoms with Gasteiger partial charge in [0.25, 0.3) is 0 Å². The normalized spacial score (nSPS) is 11.3. The van der Waals surface area contributed by atoms with Gasteiger partial charge in [-0.1, -0.05) is 34.8 Å². The van der Waals surface area contributed by atoms with E-state index in [-0.39, 0.29) is 25.7 Å². The Hall–Kier alpha value is -1.01. The van der Waals surface area contributed by atoms with Crippen LogP contribution in [0.5, 0.6) is 5.75 Å². The molecule has 2 rings (SSSR count). The van der Waals surface area contributed by atoms with Crippen molar-refractivity contribution in [3.8, 4) is 5.75 Å². The van der Waals surface area contributed by atoms with E-state index in [1.807, 2.05) is 0 Å². The van der Waals surface area contributed by atoms with Gasteiger partial charge in [-0.05, 0) is 18.2 Å². The minimum atomic E-state index is -4.04. The standard InChI is InChI=1S/C11H6Cl3NO3S/c12-7-1-8(13)4-11(3-7)19(16,17)18-10-2-9(14)5-15-6-10/h1-6H. The van der Waals surface area contributed by atoms with Crippen molar-refractivity contribution in [3.63, 3.8) is 0 Å². The lowest BCUT2D eigenvalue weighted by Gasteiger charge is -2.07. The smallest absolute Gasteiger partial charge is 0.339 e. The minimum Gasteiger partial charge on any atom is -0.377 e. The Bertz CT molecular complexity index is 699. The lowest BCUT2D eigenvalue weighted by Crippen LogP contribution is -2.10. The summed E-state index contributed by atoms with van der Waals surface area (Å²) in [5.74, 6) is 0.00333. The molecule has 0 fully saturated rings. The molecule has 0 saturated heterocycles. The highest BCUT2D eigenvalue weighted by atomic mass is 35.5. The van der Waals surface area contributed by atoms with Crippen molar-refractivity contribution >= 4 is 44.9 Å². The molecule has 2 aromatic rings. The number of aromatic nitrogens is 1. The monoisotopic (exact) mass is 337 g/mol. The maximum absolute atomic E-state index is 12.0. The Morgan fingerprint density at radius 1 is 0.895 bits per heavy atom. The molecule has 1 aromatic heterocycles. The van der Waals surface area contributed by atoms with Crippen LogP contribution in [0, 0.1) is 0 Å². The number of hydrogen-bond donors (Lipinski definition) is 0. The van der Waals surface area contributed by atoms with Gasteiger partial charge in [-0.3, -0.25) is 4.98 Å². The number of benzene rings is 1. The van der Waals surface area contributed by atoms with E-state index in [4.69, 9.17) is 39.0 Å². The second kappa shape index (κ2) is 5.54. The molecule has 0 atom stereocenters. The van der Waals surface area contributed by atoms with Crippen LogP contribution in [0.25, 0.3) is 0 Å². The maximum Gasteiger partial charge on any atom is 0.339 e. The van der Waals surface area contributed by atoms with Crippen molar-refractivity contribution in [1.29, 1.82) is 0 Å². The van der Waals surface area contributed by atoms with Crippen LogP contribution in [0.15, 0.2) is 41.6 Å². The Morgan fingerprint density at radius 2 is 1.53 bits per heavy atom. The highest BCUT2D eigenvalue weighted by Gasteiger charge is 2.18. The third-order valence-electron chi connectivity index (χ3n) is 2.01. The first kappa shape index (κ1) is 14.4. The molecule has 1 aromatic carbocycles. The van der Waals surface area contributed by atoms with Crippen LogP contribution < -0.4 is 4.18 Å². The van der Waals surface area contributed by atoms with Crippen molar-refractivity contribution in [2.45, 2.75) is 4.90 Å². The summed E-state index contributed by atoms with van der Waals surface area (Å²) in [4.78, 5) is 3.58. The number of nitrogens with zero attached hydrogens (tertiary/aromatic N) is 1. The van der Waals surface area contributed by atoms with Gasteiger partial charge in [0.1, 0.15) is 4.90 Å². The van der Waals surface area contributed by atoms with Gasteiger partial charge in [0.05, 0.1) is 11.2 Å². The van der Waals surface area contributed by atoms with Crippen LogP contribution in [-0.4, -0.2) is 13.4 Å². The Morgan fingerprint density at radius 3 is 2.11 bits per heavy atom. The Kier molecular flexibility index (Phi) is 4.20. The molecule has 0 aliphatic carbocycles. The zero-order chi connectivity index (χ0) is 14.0. The molecule has 19 heavy (non-hydrogen) atoms. The largest absolute Gasteiger partial charge is 0.377 e. The highest BCUT2D eigenvalue weighted by molar-refractivity contribution is 7.87. The predicted octanol–water partition coefficient (Wildman–Crippen LogP) is 3.81. The van der Waals surface area contributed by atoms with Crippen LogP contribution >= 0.6 is 34.8 Å². The first-order valence-electron chi connectivity index (χ1n) is 4.88. The summed E-state index contributed by atoms with van der Waals surface area (Å²) in [6.07, 6.45) is 2.59.